The number of benzene rings is 9. The summed E-state index contributed by atoms with van der Waals surface area (Å²) >= 11 is 0. The molecule has 0 radical (unpaired) electrons. The summed E-state index contributed by atoms with van der Waals surface area (Å²) in [6.45, 7) is 4.25. The molecule has 0 N–H and O–H groups in total. The van der Waals surface area contributed by atoms with Crippen LogP contribution in [0.15, 0.2) is 150 Å². The maximum atomic E-state index is 6.39. The molecule has 11 rings (SSSR count). The Hall–Kier alpha value is -6.58. The third-order valence-corrected chi connectivity index (χ3v) is 10.7. The van der Waals surface area contributed by atoms with Gasteiger partial charge in [-0.15, -0.1) is 0 Å². The third-order valence-electron chi connectivity index (χ3n) is 10.7. The second kappa shape index (κ2) is 10.5. The van der Waals surface area contributed by atoms with Crippen molar-refractivity contribution in [2.24, 2.45) is 0 Å². The SMILES string of the molecule is Cc1ccc2c3ccc(C)cc3c3nc4c(nc3c2c1)oc1ccc(-c2cccc(-c3ccc5c6ccccc6c6ccccc6c5c3)c2)cc14. The van der Waals surface area contributed by atoms with E-state index in [4.69, 9.17) is 14.4 Å². The maximum Gasteiger partial charge on any atom is 0.246 e. The Labute approximate surface area is 293 Å². The smallest absolute Gasteiger partial charge is 0.246 e. The van der Waals surface area contributed by atoms with Crippen LogP contribution in [-0.4, -0.2) is 9.97 Å². The average molecular weight is 651 g/mol. The second-order valence-corrected chi connectivity index (χ2v) is 13.9. The van der Waals surface area contributed by atoms with E-state index in [1.807, 2.05) is 0 Å². The quantitative estimate of drug-likeness (QED) is 0.175. The van der Waals surface area contributed by atoms with Gasteiger partial charge in [-0.05, 0) is 116 Å². The van der Waals surface area contributed by atoms with Crippen molar-refractivity contribution in [3.63, 3.8) is 0 Å². The first-order valence-electron chi connectivity index (χ1n) is 17.5. The highest BCUT2D eigenvalue weighted by Gasteiger charge is 2.18. The Morgan fingerprint density at radius 3 is 1.43 bits per heavy atom. The van der Waals surface area contributed by atoms with E-state index in [1.54, 1.807) is 0 Å². The van der Waals surface area contributed by atoms with Gasteiger partial charge >= 0.3 is 0 Å². The van der Waals surface area contributed by atoms with Gasteiger partial charge in [-0.3, -0.25) is 0 Å². The minimum Gasteiger partial charge on any atom is -0.436 e. The molecule has 2 aromatic heterocycles. The summed E-state index contributed by atoms with van der Waals surface area (Å²) in [5.41, 5.74) is 10.9. The molecule has 0 fully saturated rings. The first-order valence-corrected chi connectivity index (χ1v) is 17.5. The van der Waals surface area contributed by atoms with Crippen molar-refractivity contribution in [3.05, 3.63) is 157 Å². The summed E-state index contributed by atoms with van der Waals surface area (Å²) in [4.78, 5) is 10.5. The third kappa shape index (κ3) is 4.18. The zero-order valence-corrected chi connectivity index (χ0v) is 28.2. The van der Waals surface area contributed by atoms with Crippen molar-refractivity contribution in [3.8, 4) is 22.3 Å². The molecule has 3 nitrogen and oxygen atoms in total. The number of furan rings is 1. The van der Waals surface area contributed by atoms with Crippen LogP contribution < -0.4 is 0 Å². The van der Waals surface area contributed by atoms with Gasteiger partial charge in [0.05, 0.1) is 5.52 Å². The van der Waals surface area contributed by atoms with E-state index in [-0.39, 0.29) is 0 Å². The van der Waals surface area contributed by atoms with E-state index in [1.165, 1.54) is 65.3 Å². The van der Waals surface area contributed by atoms with Gasteiger partial charge in [0.2, 0.25) is 5.71 Å². The van der Waals surface area contributed by atoms with Crippen molar-refractivity contribution in [1.29, 1.82) is 0 Å². The molecule has 0 aliphatic carbocycles. The summed E-state index contributed by atoms with van der Waals surface area (Å²) in [5, 5.41) is 13.3. The summed E-state index contributed by atoms with van der Waals surface area (Å²) < 4.78 is 6.39. The molecule has 0 saturated heterocycles. The fraction of sp³-hybridized carbons (Fsp3) is 0.0417. The van der Waals surface area contributed by atoms with Crippen molar-refractivity contribution in [1.82, 2.24) is 9.97 Å². The number of nitrogens with zero attached hydrogens (tertiary/aromatic N) is 2. The first kappa shape index (κ1) is 28.3. The van der Waals surface area contributed by atoms with Gasteiger partial charge < -0.3 is 4.42 Å². The van der Waals surface area contributed by atoms with Gasteiger partial charge in [-0.1, -0.05) is 120 Å². The Morgan fingerprint density at radius 2 is 0.804 bits per heavy atom. The van der Waals surface area contributed by atoms with Crippen LogP contribution in [0.25, 0.3) is 109 Å². The van der Waals surface area contributed by atoms with Crippen LogP contribution in [0.2, 0.25) is 0 Å². The number of hydrogen-bond donors (Lipinski definition) is 0. The molecule has 9 aromatic carbocycles. The topological polar surface area (TPSA) is 38.9 Å². The number of hydrogen-bond acceptors (Lipinski definition) is 3. The van der Waals surface area contributed by atoms with E-state index in [0.29, 0.717) is 5.71 Å². The Balaban J connectivity index is 1.08. The summed E-state index contributed by atoms with van der Waals surface area (Å²) in [6.07, 6.45) is 0. The monoisotopic (exact) mass is 650 g/mol. The fourth-order valence-electron chi connectivity index (χ4n) is 8.27. The summed E-state index contributed by atoms with van der Waals surface area (Å²) in [6, 6.07) is 52.8. The van der Waals surface area contributed by atoms with E-state index in [2.05, 4.69) is 159 Å². The molecule has 238 valence electrons. The molecule has 3 heteroatoms. The lowest BCUT2D eigenvalue weighted by atomic mass is 9.91. The largest absolute Gasteiger partial charge is 0.436 e. The van der Waals surface area contributed by atoms with E-state index >= 15 is 0 Å². The normalized spacial score (nSPS) is 12.1. The molecule has 0 aliphatic rings. The highest BCUT2D eigenvalue weighted by molar-refractivity contribution is 6.26. The first-order chi connectivity index (χ1) is 25.1. The number of fused-ring (bicyclic) bond motifs is 15. The van der Waals surface area contributed by atoms with E-state index in [9.17, 15) is 0 Å². The van der Waals surface area contributed by atoms with Crippen molar-refractivity contribution in [2.45, 2.75) is 13.8 Å². The minimum absolute atomic E-state index is 0.564. The summed E-state index contributed by atoms with van der Waals surface area (Å²) in [5.74, 6) is 0. The molecular weight excluding hydrogens is 621 g/mol. The second-order valence-electron chi connectivity index (χ2n) is 13.9. The van der Waals surface area contributed by atoms with E-state index in [0.717, 1.165) is 49.4 Å². The molecule has 0 bridgehead atoms. The van der Waals surface area contributed by atoms with Crippen LogP contribution in [0.1, 0.15) is 11.1 Å². The summed E-state index contributed by atoms with van der Waals surface area (Å²) in [7, 11) is 0. The minimum atomic E-state index is 0.564. The van der Waals surface area contributed by atoms with Gasteiger partial charge in [0.1, 0.15) is 16.6 Å². The molecular formula is C48H30N2O. The van der Waals surface area contributed by atoms with Gasteiger partial charge in [-0.2, -0.15) is 0 Å². The molecule has 0 atom stereocenters. The highest BCUT2D eigenvalue weighted by atomic mass is 16.3. The molecule has 51 heavy (non-hydrogen) atoms. The van der Waals surface area contributed by atoms with E-state index < -0.39 is 0 Å². The number of rotatable bonds is 2. The average Bonchev–Trinajstić information content (AvgIpc) is 3.54. The zero-order chi connectivity index (χ0) is 33.8. The van der Waals surface area contributed by atoms with Crippen LogP contribution in [0.4, 0.5) is 0 Å². The van der Waals surface area contributed by atoms with Crippen LogP contribution in [0.5, 0.6) is 0 Å². The maximum absolute atomic E-state index is 6.39. The molecule has 0 unspecified atom stereocenters. The molecule has 0 saturated carbocycles. The Bertz CT molecular complexity index is 3240. The predicted octanol–water partition coefficient (Wildman–Crippen LogP) is 13.2. The number of aryl methyl sites for hydroxylation is 2. The number of aromatic nitrogens is 2. The molecule has 0 amide bonds. The van der Waals surface area contributed by atoms with Crippen molar-refractivity contribution >= 4 is 87.1 Å². The Morgan fingerprint density at radius 1 is 0.333 bits per heavy atom. The van der Waals surface area contributed by atoms with Crippen LogP contribution in [0, 0.1) is 13.8 Å². The lowest BCUT2D eigenvalue weighted by molar-refractivity contribution is 0.655. The van der Waals surface area contributed by atoms with Crippen molar-refractivity contribution in [2.75, 3.05) is 0 Å². The van der Waals surface area contributed by atoms with Gasteiger partial charge in [-0.25, -0.2) is 9.97 Å². The van der Waals surface area contributed by atoms with Gasteiger partial charge in [0.25, 0.3) is 0 Å². The van der Waals surface area contributed by atoms with Crippen LogP contribution >= 0.6 is 0 Å². The highest BCUT2D eigenvalue weighted by Crippen LogP contribution is 2.40. The Kier molecular flexibility index (Phi) is 5.80. The standard InChI is InChI=1S/C48H30N2O/c1-27-14-18-38-39-19-15-28(2)23-42(39)46-45(41(38)22-27)49-47-43-26-32(17-21-44(43)51-48(47)50-46)30-9-7-8-29(24-30)31-16-20-37-35-12-4-3-10-33(35)34-11-5-6-13-36(34)40(37)25-31/h3-26H,1-2H3. The zero-order valence-electron chi connectivity index (χ0n) is 28.2. The van der Waals surface area contributed by atoms with Gasteiger partial charge in [0.15, 0.2) is 0 Å². The van der Waals surface area contributed by atoms with Gasteiger partial charge in [0, 0.05) is 16.2 Å². The van der Waals surface area contributed by atoms with Crippen molar-refractivity contribution < 1.29 is 4.42 Å². The molecule has 2 heterocycles. The van der Waals surface area contributed by atoms with Crippen LogP contribution in [0.3, 0.4) is 0 Å². The lowest BCUT2D eigenvalue weighted by Crippen LogP contribution is -1.91. The molecule has 11 aromatic rings. The fourth-order valence-corrected chi connectivity index (χ4v) is 8.27. The van der Waals surface area contributed by atoms with Crippen LogP contribution in [-0.2, 0) is 0 Å². The molecule has 0 spiro atoms. The predicted molar refractivity (Wildman–Crippen MR) is 215 cm³/mol. The molecule has 0 aliphatic heterocycles. The lowest BCUT2D eigenvalue weighted by Gasteiger charge is -2.12.